The summed E-state index contributed by atoms with van der Waals surface area (Å²) in [6.07, 6.45) is -0.120. The third-order valence-electron chi connectivity index (χ3n) is 7.61. The molecule has 0 unspecified atom stereocenters. The molecule has 1 aromatic carbocycles. The van der Waals surface area contributed by atoms with Gasteiger partial charge in [0.05, 0.1) is 17.5 Å². The van der Waals surface area contributed by atoms with E-state index in [1.165, 1.54) is 23.0 Å². The zero-order chi connectivity index (χ0) is 35.0. The topological polar surface area (TPSA) is 182 Å². The van der Waals surface area contributed by atoms with Crippen LogP contribution in [0, 0.1) is 5.92 Å². The van der Waals surface area contributed by atoms with Gasteiger partial charge in [0, 0.05) is 54.9 Å². The first-order chi connectivity index (χ1) is 22.9. The number of nitrogens with zero attached hydrogens (tertiary/aromatic N) is 5. The summed E-state index contributed by atoms with van der Waals surface area (Å²) in [5.41, 5.74) is 6.07. The molecule has 1 fully saturated rings. The Balaban J connectivity index is 0.00000167. The fraction of sp³-hybridized carbons (Fsp3) is 0.400. The highest BCUT2D eigenvalue weighted by atomic mass is 19.4. The average molecular weight is 680 g/mol. The molecule has 0 radical (unpaired) electrons. The van der Waals surface area contributed by atoms with Gasteiger partial charge < -0.3 is 26.8 Å². The largest absolute Gasteiger partial charge is 0.483 e. The molecule has 258 valence electrons. The lowest BCUT2D eigenvalue weighted by Gasteiger charge is -2.14. The maximum absolute atomic E-state index is 13.7. The van der Waals surface area contributed by atoms with E-state index in [1.807, 2.05) is 6.92 Å². The van der Waals surface area contributed by atoms with E-state index < -0.39 is 30.4 Å². The molecule has 1 saturated carbocycles. The van der Waals surface area contributed by atoms with Crippen molar-refractivity contribution in [3.8, 4) is 11.3 Å². The molecule has 3 heterocycles. The number of halogens is 5. The molecule has 48 heavy (non-hydrogen) atoms. The van der Waals surface area contributed by atoms with Crippen LogP contribution in [0.4, 0.5) is 33.5 Å². The van der Waals surface area contributed by atoms with Gasteiger partial charge in [-0.2, -0.15) is 18.3 Å². The molecular formula is C30H34F5N9O4. The quantitative estimate of drug-likeness (QED) is 0.0894. The number of aryl methyl sites for hydroxylation is 1. The lowest BCUT2D eigenvalue weighted by atomic mass is 10.0. The summed E-state index contributed by atoms with van der Waals surface area (Å²) in [6.45, 7) is 1.18. The monoisotopic (exact) mass is 679 g/mol. The number of benzene rings is 1. The van der Waals surface area contributed by atoms with Gasteiger partial charge in [0.1, 0.15) is 6.54 Å². The number of carbonyl (C=O) groups excluding carboxylic acids is 2. The third-order valence-corrected chi connectivity index (χ3v) is 7.61. The first kappa shape index (κ1) is 35.7. The van der Waals surface area contributed by atoms with Crippen LogP contribution in [-0.2, 0) is 28.7 Å². The number of fused-ring (bicyclic) bond motifs is 1. The van der Waals surface area contributed by atoms with Crippen LogP contribution < -0.4 is 21.7 Å². The number of carboxylic acid groups (broad SMARTS) is 1. The Morgan fingerprint density at radius 1 is 1.17 bits per heavy atom. The number of aromatic nitrogens is 5. The molecule has 0 aliphatic heterocycles. The lowest BCUT2D eigenvalue weighted by Crippen LogP contribution is -2.37. The Morgan fingerprint density at radius 3 is 2.54 bits per heavy atom. The zero-order valence-corrected chi connectivity index (χ0v) is 25.7. The molecule has 3 aromatic heterocycles. The van der Waals surface area contributed by atoms with E-state index >= 15 is 0 Å². The van der Waals surface area contributed by atoms with Gasteiger partial charge in [-0.3, -0.25) is 23.5 Å². The van der Waals surface area contributed by atoms with Crippen molar-refractivity contribution < 1.29 is 41.4 Å². The maximum atomic E-state index is 13.7. The molecule has 0 spiro atoms. The number of amides is 2. The van der Waals surface area contributed by atoms with Crippen molar-refractivity contribution in [2.45, 2.75) is 57.8 Å². The summed E-state index contributed by atoms with van der Waals surface area (Å²) in [5, 5.41) is 19.0. The normalized spacial score (nSPS) is 16.0. The van der Waals surface area contributed by atoms with Crippen molar-refractivity contribution in [3.05, 3.63) is 59.8 Å². The summed E-state index contributed by atoms with van der Waals surface area (Å²) < 4.78 is 68.9. The van der Waals surface area contributed by atoms with Crippen LogP contribution in [0.2, 0.25) is 0 Å². The van der Waals surface area contributed by atoms with Crippen LogP contribution in [0.15, 0.2) is 43.0 Å². The molecule has 13 nitrogen and oxygen atoms in total. The highest BCUT2D eigenvalue weighted by molar-refractivity contribution is 5.96. The first-order valence-corrected chi connectivity index (χ1v) is 14.9. The minimum atomic E-state index is -4.89. The fourth-order valence-corrected chi connectivity index (χ4v) is 5.44. The van der Waals surface area contributed by atoms with Crippen LogP contribution in [0.25, 0.3) is 16.9 Å². The molecule has 0 bridgehead atoms. The standard InChI is InChI=1S/C29H32F5N9O2.CH2O2/c1-2-16-12-19(5-6-20(16)28(45)38-8-7-37-27(44)17-3-4-18(35)11-17)40-25-26-39-13-22(43(26)10-9-36-25)21-14-42(15-23(30)31)41-24(21)29(32,33)34;2-1-3/h5-6,9-10,12-14,17-18,23H,2-4,7-8,11,15,35H2,1H3,(H,36,40)(H,37,44)(H,38,45);1H,(H,2,3)/t17-,18+;/m1./s1. The number of nitrogens with two attached hydrogens (primary N) is 1. The molecule has 1 aliphatic carbocycles. The highest BCUT2D eigenvalue weighted by Crippen LogP contribution is 2.37. The van der Waals surface area contributed by atoms with Crippen molar-refractivity contribution in [2.24, 2.45) is 11.7 Å². The summed E-state index contributed by atoms with van der Waals surface area (Å²) in [7, 11) is 0. The predicted octanol–water partition coefficient (Wildman–Crippen LogP) is 3.86. The van der Waals surface area contributed by atoms with E-state index in [9.17, 15) is 31.5 Å². The van der Waals surface area contributed by atoms with Crippen molar-refractivity contribution in [1.82, 2.24) is 34.8 Å². The number of anilines is 2. The van der Waals surface area contributed by atoms with E-state index in [1.54, 1.807) is 18.2 Å². The molecule has 2 amide bonds. The van der Waals surface area contributed by atoms with Gasteiger partial charge in [-0.25, -0.2) is 18.7 Å². The number of hydrogen-bond donors (Lipinski definition) is 5. The molecular weight excluding hydrogens is 645 g/mol. The molecule has 6 N–H and O–H groups in total. The molecule has 1 aliphatic rings. The fourth-order valence-electron chi connectivity index (χ4n) is 5.44. The Kier molecular flexibility index (Phi) is 11.6. The molecule has 2 atom stereocenters. The van der Waals surface area contributed by atoms with Crippen LogP contribution in [0.1, 0.15) is 47.8 Å². The summed E-state index contributed by atoms with van der Waals surface area (Å²) in [6, 6.07) is 5.10. The van der Waals surface area contributed by atoms with E-state index in [2.05, 4.69) is 31.0 Å². The van der Waals surface area contributed by atoms with Crippen LogP contribution >= 0.6 is 0 Å². The van der Waals surface area contributed by atoms with Crippen molar-refractivity contribution >= 4 is 35.4 Å². The molecule has 18 heteroatoms. The SMILES string of the molecule is CCc1cc(Nc2nccn3c(-c4cn(CC(F)F)nc4C(F)(F)F)cnc23)ccc1C(=O)NCCNC(=O)[C@@H]1CC[C@H](N)C1.O=CO. The van der Waals surface area contributed by atoms with Gasteiger partial charge in [0.15, 0.2) is 17.2 Å². The summed E-state index contributed by atoms with van der Waals surface area (Å²) in [5.74, 6) is -0.236. The van der Waals surface area contributed by atoms with E-state index in [0.717, 1.165) is 24.6 Å². The second-order valence-corrected chi connectivity index (χ2v) is 10.9. The van der Waals surface area contributed by atoms with Crippen molar-refractivity contribution in [1.29, 1.82) is 0 Å². The van der Waals surface area contributed by atoms with Crippen molar-refractivity contribution in [2.75, 3.05) is 18.4 Å². The van der Waals surface area contributed by atoms with Gasteiger partial charge in [-0.15, -0.1) is 0 Å². The van der Waals surface area contributed by atoms with Crippen LogP contribution in [-0.4, -0.2) is 73.1 Å². The van der Waals surface area contributed by atoms with Gasteiger partial charge in [0.25, 0.3) is 18.8 Å². The highest BCUT2D eigenvalue weighted by Gasteiger charge is 2.38. The zero-order valence-electron chi connectivity index (χ0n) is 25.7. The molecule has 5 rings (SSSR count). The maximum Gasteiger partial charge on any atom is 0.435 e. The molecule has 4 aromatic rings. The number of carbonyl (C=O) groups is 3. The van der Waals surface area contributed by atoms with Gasteiger partial charge in [0.2, 0.25) is 5.91 Å². The van der Waals surface area contributed by atoms with E-state index in [4.69, 9.17) is 15.6 Å². The van der Waals surface area contributed by atoms with Gasteiger partial charge >= 0.3 is 6.18 Å². The average Bonchev–Trinajstić information content (AvgIpc) is 3.77. The first-order valence-electron chi connectivity index (χ1n) is 14.9. The predicted molar refractivity (Wildman–Crippen MR) is 164 cm³/mol. The number of hydrogen-bond acceptors (Lipinski definition) is 8. The molecule has 0 saturated heterocycles. The lowest BCUT2D eigenvalue weighted by molar-refractivity contribution is -0.141. The Hall–Kier alpha value is -5.13. The number of rotatable bonds is 11. The second-order valence-electron chi connectivity index (χ2n) is 10.9. The van der Waals surface area contributed by atoms with Crippen LogP contribution in [0.3, 0.4) is 0 Å². The third kappa shape index (κ3) is 8.61. The van der Waals surface area contributed by atoms with Gasteiger partial charge in [-0.05, 0) is 49.4 Å². The minimum absolute atomic E-state index is 0.00688. The summed E-state index contributed by atoms with van der Waals surface area (Å²) >= 11 is 0. The minimum Gasteiger partial charge on any atom is -0.483 e. The Labute approximate surface area is 270 Å². The smallest absolute Gasteiger partial charge is 0.435 e. The van der Waals surface area contributed by atoms with E-state index in [0.29, 0.717) is 28.8 Å². The van der Waals surface area contributed by atoms with E-state index in [-0.39, 0.29) is 60.5 Å². The Morgan fingerprint density at radius 2 is 1.90 bits per heavy atom. The Bertz CT molecular complexity index is 1740. The number of nitrogens with one attached hydrogen (secondary N) is 3. The second kappa shape index (κ2) is 15.6. The number of imidazole rings is 1. The van der Waals surface area contributed by atoms with Gasteiger partial charge in [-0.1, -0.05) is 6.92 Å². The summed E-state index contributed by atoms with van der Waals surface area (Å²) in [4.78, 5) is 42.0. The van der Waals surface area contributed by atoms with Crippen LogP contribution in [0.5, 0.6) is 0 Å². The van der Waals surface area contributed by atoms with Crippen molar-refractivity contribution in [3.63, 3.8) is 0 Å². The number of alkyl halides is 5.